The van der Waals surface area contributed by atoms with Crippen LogP contribution in [0.1, 0.15) is 11.3 Å². The van der Waals surface area contributed by atoms with Gasteiger partial charge in [-0.1, -0.05) is 39.8 Å². The Hall–Kier alpha value is -1.11. The first-order chi connectivity index (χ1) is 10.1. The molecular formula is C15H16O3S3. The summed E-state index contributed by atoms with van der Waals surface area (Å²) in [4.78, 5) is 1.05. The van der Waals surface area contributed by atoms with Gasteiger partial charge in [0.2, 0.25) is 0 Å². The van der Waals surface area contributed by atoms with Gasteiger partial charge >= 0.3 is 0 Å². The summed E-state index contributed by atoms with van der Waals surface area (Å²) < 4.78 is 29.4. The van der Waals surface area contributed by atoms with Gasteiger partial charge in [0, 0.05) is 10.6 Å². The van der Waals surface area contributed by atoms with E-state index in [2.05, 4.69) is 6.58 Å². The van der Waals surface area contributed by atoms with E-state index in [4.69, 9.17) is 4.42 Å². The first-order valence-electron chi connectivity index (χ1n) is 6.31. The highest BCUT2D eigenvalue weighted by Crippen LogP contribution is 2.31. The van der Waals surface area contributed by atoms with Crippen molar-refractivity contribution in [2.24, 2.45) is 0 Å². The number of furan rings is 1. The van der Waals surface area contributed by atoms with Gasteiger partial charge in [0.1, 0.15) is 11.5 Å². The number of hydrogen-bond acceptors (Lipinski definition) is 5. The summed E-state index contributed by atoms with van der Waals surface area (Å²) >= 11 is 0. The highest BCUT2D eigenvalue weighted by atomic mass is 33.1. The molecule has 0 N–H and O–H groups in total. The largest absolute Gasteiger partial charge is 0.468 e. The second-order valence-corrected chi connectivity index (χ2v) is 8.89. The maximum Gasteiger partial charge on any atom is 0.161 e. The molecule has 0 aliphatic carbocycles. The fourth-order valence-corrected chi connectivity index (χ4v) is 4.99. The molecule has 112 valence electrons. The van der Waals surface area contributed by atoms with E-state index in [0.717, 1.165) is 16.2 Å². The first kappa shape index (κ1) is 16.3. The van der Waals surface area contributed by atoms with Gasteiger partial charge in [0.25, 0.3) is 0 Å². The summed E-state index contributed by atoms with van der Waals surface area (Å²) in [6.07, 6.45) is 3.33. The topological polar surface area (TPSA) is 47.3 Å². The van der Waals surface area contributed by atoms with Crippen molar-refractivity contribution in [3.8, 4) is 0 Å². The highest BCUT2D eigenvalue weighted by Gasteiger charge is 2.15. The number of benzene rings is 1. The molecule has 6 heteroatoms. The Morgan fingerprint density at radius 2 is 2.05 bits per heavy atom. The third kappa shape index (κ3) is 5.65. The van der Waals surface area contributed by atoms with Crippen LogP contribution in [0.25, 0.3) is 0 Å². The van der Waals surface area contributed by atoms with Gasteiger partial charge in [-0.25, -0.2) is 8.42 Å². The van der Waals surface area contributed by atoms with Crippen LogP contribution in [0.15, 0.2) is 64.6 Å². The van der Waals surface area contributed by atoms with Crippen LogP contribution in [0.2, 0.25) is 0 Å². The molecule has 2 rings (SSSR count). The lowest BCUT2D eigenvalue weighted by Gasteiger charge is -2.05. The Bertz CT molecular complexity index is 676. The van der Waals surface area contributed by atoms with Crippen LogP contribution in [0.5, 0.6) is 0 Å². The van der Waals surface area contributed by atoms with Crippen molar-refractivity contribution in [1.29, 1.82) is 0 Å². The molecule has 21 heavy (non-hydrogen) atoms. The molecule has 1 aromatic heterocycles. The average molecular weight is 340 g/mol. The van der Waals surface area contributed by atoms with Crippen LogP contribution in [0.3, 0.4) is 0 Å². The number of rotatable bonds is 8. The second kappa shape index (κ2) is 7.77. The SMILES string of the molecule is C=CCSSc1cccc(CS(=O)(=O)Cc2ccco2)c1. The number of sulfone groups is 1. The lowest BCUT2D eigenvalue weighted by atomic mass is 10.2. The summed E-state index contributed by atoms with van der Waals surface area (Å²) in [6.45, 7) is 3.67. The van der Waals surface area contributed by atoms with E-state index in [0.29, 0.717) is 5.76 Å². The molecule has 1 aromatic carbocycles. The van der Waals surface area contributed by atoms with Gasteiger partial charge in [0.15, 0.2) is 9.84 Å². The molecule has 0 radical (unpaired) electrons. The van der Waals surface area contributed by atoms with Crippen molar-refractivity contribution in [3.63, 3.8) is 0 Å². The van der Waals surface area contributed by atoms with Crippen LogP contribution in [0, 0.1) is 0 Å². The predicted octanol–water partition coefficient (Wildman–Crippen LogP) is 4.32. The zero-order valence-electron chi connectivity index (χ0n) is 11.4. The van der Waals surface area contributed by atoms with Gasteiger partial charge in [-0.2, -0.15) is 0 Å². The van der Waals surface area contributed by atoms with E-state index < -0.39 is 9.84 Å². The Balaban J connectivity index is 2.01. The van der Waals surface area contributed by atoms with E-state index in [9.17, 15) is 8.42 Å². The fraction of sp³-hybridized carbons (Fsp3) is 0.200. The molecule has 2 aromatic rings. The minimum Gasteiger partial charge on any atom is -0.468 e. The lowest BCUT2D eigenvalue weighted by Crippen LogP contribution is -2.07. The van der Waals surface area contributed by atoms with Crippen molar-refractivity contribution in [1.82, 2.24) is 0 Å². The molecule has 0 atom stereocenters. The standard InChI is InChI=1S/C15H16O3S3/c1-2-9-19-20-15-7-3-5-13(10-15)11-21(16,17)12-14-6-4-8-18-14/h2-8,10H,1,9,11-12H2. The second-order valence-electron chi connectivity index (χ2n) is 4.42. The van der Waals surface area contributed by atoms with Crippen LogP contribution in [-0.4, -0.2) is 14.2 Å². The molecule has 0 bridgehead atoms. The Morgan fingerprint density at radius 1 is 1.19 bits per heavy atom. The van der Waals surface area contributed by atoms with Crippen molar-refractivity contribution in [3.05, 3.63) is 66.6 Å². The third-order valence-electron chi connectivity index (χ3n) is 2.57. The fourth-order valence-electron chi connectivity index (χ4n) is 1.75. The van der Waals surface area contributed by atoms with Gasteiger partial charge < -0.3 is 4.42 Å². The minimum absolute atomic E-state index is 0.0220. The van der Waals surface area contributed by atoms with E-state index in [1.807, 2.05) is 30.3 Å². The molecular weight excluding hydrogens is 324 g/mol. The van der Waals surface area contributed by atoms with Gasteiger partial charge in [-0.05, 0) is 29.8 Å². The Labute approximate surface area is 133 Å². The van der Waals surface area contributed by atoms with Gasteiger partial charge in [-0.15, -0.1) is 6.58 Å². The van der Waals surface area contributed by atoms with E-state index in [1.54, 1.807) is 33.7 Å². The zero-order chi connectivity index (χ0) is 15.1. The molecule has 0 saturated heterocycles. The third-order valence-corrected chi connectivity index (χ3v) is 6.34. The summed E-state index contributed by atoms with van der Waals surface area (Å²) in [6, 6.07) is 11.0. The highest BCUT2D eigenvalue weighted by molar-refractivity contribution is 8.76. The quantitative estimate of drug-likeness (QED) is 0.407. The molecule has 1 heterocycles. The van der Waals surface area contributed by atoms with Crippen molar-refractivity contribution < 1.29 is 12.8 Å². The van der Waals surface area contributed by atoms with Gasteiger partial charge in [0.05, 0.1) is 12.0 Å². The molecule has 0 fully saturated rings. The molecule has 0 aliphatic heterocycles. The maximum atomic E-state index is 12.2. The first-order valence-corrected chi connectivity index (χ1v) is 10.5. The molecule has 0 spiro atoms. The summed E-state index contributed by atoms with van der Waals surface area (Å²) in [7, 11) is 0.0681. The molecule has 0 aliphatic rings. The van der Waals surface area contributed by atoms with Crippen molar-refractivity contribution in [2.45, 2.75) is 16.4 Å². The number of hydrogen-bond donors (Lipinski definition) is 0. The predicted molar refractivity (Wildman–Crippen MR) is 90.0 cm³/mol. The summed E-state index contributed by atoms with van der Waals surface area (Å²) in [5.41, 5.74) is 0.797. The monoisotopic (exact) mass is 340 g/mol. The zero-order valence-corrected chi connectivity index (χ0v) is 13.8. The van der Waals surface area contributed by atoms with E-state index in [-0.39, 0.29) is 11.5 Å². The van der Waals surface area contributed by atoms with Crippen LogP contribution in [-0.2, 0) is 21.3 Å². The van der Waals surface area contributed by atoms with Gasteiger partial charge in [-0.3, -0.25) is 0 Å². The summed E-state index contributed by atoms with van der Waals surface area (Å²) in [5, 5.41) is 0. The lowest BCUT2D eigenvalue weighted by molar-refractivity contribution is 0.520. The van der Waals surface area contributed by atoms with Crippen LogP contribution < -0.4 is 0 Å². The molecule has 3 nitrogen and oxygen atoms in total. The molecule has 0 saturated carbocycles. The van der Waals surface area contributed by atoms with E-state index >= 15 is 0 Å². The Morgan fingerprint density at radius 3 is 2.76 bits per heavy atom. The van der Waals surface area contributed by atoms with Crippen molar-refractivity contribution >= 4 is 31.4 Å². The van der Waals surface area contributed by atoms with Crippen LogP contribution in [0.4, 0.5) is 0 Å². The van der Waals surface area contributed by atoms with Crippen molar-refractivity contribution in [2.75, 3.05) is 5.75 Å². The van der Waals surface area contributed by atoms with Crippen LogP contribution >= 0.6 is 21.6 Å². The average Bonchev–Trinajstić information content (AvgIpc) is 2.91. The minimum atomic E-state index is -3.23. The molecule has 0 amide bonds. The smallest absolute Gasteiger partial charge is 0.161 e. The summed E-state index contributed by atoms with van der Waals surface area (Å²) in [5.74, 6) is 1.28. The normalized spacial score (nSPS) is 11.4. The maximum absolute atomic E-state index is 12.2. The van der Waals surface area contributed by atoms with E-state index in [1.165, 1.54) is 6.26 Å². The Kier molecular flexibility index (Phi) is 6.02. The molecule has 0 unspecified atom stereocenters.